The van der Waals surface area contributed by atoms with Gasteiger partial charge in [-0.25, -0.2) is 0 Å². The molecule has 1 aliphatic carbocycles. The summed E-state index contributed by atoms with van der Waals surface area (Å²) in [6, 6.07) is 0. The van der Waals surface area contributed by atoms with E-state index in [4.69, 9.17) is 4.74 Å². The van der Waals surface area contributed by atoms with Crippen LogP contribution in [0.4, 0.5) is 0 Å². The van der Waals surface area contributed by atoms with E-state index in [1.807, 2.05) is 13.8 Å². The molecule has 0 unspecified atom stereocenters. The third-order valence-electron chi connectivity index (χ3n) is 4.25. The second-order valence-corrected chi connectivity index (χ2v) is 5.49. The standard InChI is InChI=1S/C14H26N2O2.C2H6/c1-18-12-11-15-7-9-16(10-8-15)14(17)13-5-3-2-4-6-13;1-2/h13H,2-12H2,1H3;1-2H3. The van der Waals surface area contributed by atoms with Crippen molar-refractivity contribution in [3.63, 3.8) is 0 Å². The van der Waals surface area contributed by atoms with Crippen molar-refractivity contribution in [2.45, 2.75) is 46.0 Å². The maximum atomic E-state index is 12.4. The second kappa shape index (κ2) is 10.2. The molecule has 1 heterocycles. The molecule has 1 aliphatic heterocycles. The summed E-state index contributed by atoms with van der Waals surface area (Å²) in [5.74, 6) is 0.741. The van der Waals surface area contributed by atoms with E-state index in [0.29, 0.717) is 11.8 Å². The van der Waals surface area contributed by atoms with E-state index < -0.39 is 0 Å². The van der Waals surface area contributed by atoms with Crippen LogP contribution in [0.2, 0.25) is 0 Å². The summed E-state index contributed by atoms with van der Waals surface area (Å²) in [7, 11) is 1.74. The molecule has 118 valence electrons. The van der Waals surface area contributed by atoms with Gasteiger partial charge in [0.2, 0.25) is 5.91 Å². The Bertz CT molecular complexity index is 257. The van der Waals surface area contributed by atoms with Crippen molar-refractivity contribution in [2.24, 2.45) is 5.92 Å². The summed E-state index contributed by atoms with van der Waals surface area (Å²) in [6.45, 7) is 9.58. The zero-order valence-corrected chi connectivity index (χ0v) is 13.6. The van der Waals surface area contributed by atoms with Crippen molar-refractivity contribution in [2.75, 3.05) is 46.4 Å². The van der Waals surface area contributed by atoms with Gasteiger partial charge >= 0.3 is 0 Å². The minimum atomic E-state index is 0.323. The first-order chi connectivity index (χ1) is 9.81. The lowest BCUT2D eigenvalue weighted by molar-refractivity contribution is -0.138. The first-order valence-electron chi connectivity index (χ1n) is 8.31. The third kappa shape index (κ3) is 5.41. The Hall–Kier alpha value is -0.610. The largest absolute Gasteiger partial charge is 0.383 e. The molecule has 0 aromatic heterocycles. The fourth-order valence-electron chi connectivity index (χ4n) is 3.02. The molecule has 0 bridgehead atoms. The molecule has 20 heavy (non-hydrogen) atoms. The Morgan fingerprint density at radius 3 is 2.20 bits per heavy atom. The van der Waals surface area contributed by atoms with Crippen LogP contribution < -0.4 is 0 Å². The van der Waals surface area contributed by atoms with Crippen LogP contribution in [-0.2, 0) is 9.53 Å². The van der Waals surface area contributed by atoms with Crippen LogP contribution in [0.15, 0.2) is 0 Å². The van der Waals surface area contributed by atoms with Crippen molar-refractivity contribution in [1.29, 1.82) is 0 Å². The number of nitrogens with zero attached hydrogens (tertiary/aromatic N) is 2. The van der Waals surface area contributed by atoms with Gasteiger partial charge in [0.05, 0.1) is 6.61 Å². The SMILES string of the molecule is CC.COCCN1CCN(C(=O)C2CCCCC2)CC1. The Morgan fingerprint density at radius 2 is 1.65 bits per heavy atom. The van der Waals surface area contributed by atoms with Crippen LogP contribution in [0.25, 0.3) is 0 Å². The van der Waals surface area contributed by atoms with Gasteiger partial charge in [-0.05, 0) is 12.8 Å². The fourth-order valence-corrected chi connectivity index (χ4v) is 3.02. The number of methoxy groups -OCH3 is 1. The zero-order chi connectivity index (χ0) is 14.8. The van der Waals surface area contributed by atoms with E-state index in [1.54, 1.807) is 7.11 Å². The molecule has 1 amide bonds. The van der Waals surface area contributed by atoms with Crippen LogP contribution >= 0.6 is 0 Å². The quantitative estimate of drug-likeness (QED) is 0.794. The van der Waals surface area contributed by atoms with Crippen molar-refractivity contribution in [3.8, 4) is 0 Å². The van der Waals surface area contributed by atoms with Crippen LogP contribution in [0.5, 0.6) is 0 Å². The number of hydrogen-bond donors (Lipinski definition) is 0. The number of carbonyl (C=O) groups is 1. The van der Waals surface area contributed by atoms with Crippen LogP contribution in [-0.4, -0.2) is 62.1 Å². The predicted molar refractivity (Wildman–Crippen MR) is 82.8 cm³/mol. The number of hydrogen-bond acceptors (Lipinski definition) is 3. The lowest BCUT2D eigenvalue weighted by atomic mass is 9.88. The summed E-state index contributed by atoms with van der Waals surface area (Å²) in [5, 5.41) is 0. The Kier molecular flexibility index (Phi) is 8.86. The minimum absolute atomic E-state index is 0.323. The topological polar surface area (TPSA) is 32.8 Å². The highest BCUT2D eigenvalue weighted by atomic mass is 16.5. The Balaban J connectivity index is 0.000000956. The smallest absolute Gasteiger partial charge is 0.225 e. The van der Waals surface area contributed by atoms with Crippen molar-refractivity contribution < 1.29 is 9.53 Å². The normalized spacial score (nSPS) is 21.2. The van der Waals surface area contributed by atoms with Crippen LogP contribution in [0.3, 0.4) is 0 Å². The maximum absolute atomic E-state index is 12.4. The average molecular weight is 284 g/mol. The van der Waals surface area contributed by atoms with Gasteiger partial charge in [0.25, 0.3) is 0 Å². The molecule has 2 fully saturated rings. The molecule has 2 aliphatic rings. The van der Waals surface area contributed by atoms with Gasteiger partial charge in [-0.1, -0.05) is 33.1 Å². The van der Waals surface area contributed by atoms with Crippen molar-refractivity contribution in [3.05, 3.63) is 0 Å². The summed E-state index contributed by atoms with van der Waals surface area (Å²) < 4.78 is 5.09. The van der Waals surface area contributed by atoms with E-state index in [9.17, 15) is 4.79 Å². The molecule has 4 nitrogen and oxygen atoms in total. The summed E-state index contributed by atoms with van der Waals surface area (Å²) in [4.78, 5) is 16.8. The van der Waals surface area contributed by atoms with Gasteiger partial charge in [-0.2, -0.15) is 0 Å². The molecule has 0 atom stereocenters. The van der Waals surface area contributed by atoms with Gasteiger partial charge in [0.15, 0.2) is 0 Å². The highest BCUT2D eigenvalue weighted by molar-refractivity contribution is 5.79. The van der Waals surface area contributed by atoms with Gasteiger partial charge < -0.3 is 9.64 Å². The number of carbonyl (C=O) groups excluding carboxylic acids is 1. The highest BCUT2D eigenvalue weighted by Crippen LogP contribution is 2.25. The second-order valence-electron chi connectivity index (χ2n) is 5.49. The van der Waals surface area contributed by atoms with E-state index in [-0.39, 0.29) is 0 Å². The number of rotatable bonds is 4. The number of amides is 1. The fraction of sp³-hybridized carbons (Fsp3) is 0.938. The van der Waals surface area contributed by atoms with Crippen LogP contribution in [0, 0.1) is 5.92 Å². The monoisotopic (exact) mass is 284 g/mol. The molecule has 0 aromatic carbocycles. The molecule has 0 aromatic rings. The van der Waals surface area contributed by atoms with Crippen molar-refractivity contribution in [1.82, 2.24) is 9.80 Å². The molecule has 4 heteroatoms. The molecule has 0 spiro atoms. The Labute approximate surface area is 124 Å². The maximum Gasteiger partial charge on any atom is 0.225 e. The zero-order valence-electron chi connectivity index (χ0n) is 13.6. The summed E-state index contributed by atoms with van der Waals surface area (Å²) in [5.41, 5.74) is 0. The molecule has 2 rings (SSSR count). The predicted octanol–water partition coefficient (Wildman–Crippen LogP) is 2.38. The van der Waals surface area contributed by atoms with E-state index in [0.717, 1.165) is 52.2 Å². The molecular formula is C16H32N2O2. The Morgan fingerprint density at radius 1 is 1.05 bits per heavy atom. The third-order valence-corrected chi connectivity index (χ3v) is 4.25. The number of ether oxygens (including phenoxy) is 1. The molecule has 0 N–H and O–H groups in total. The lowest BCUT2D eigenvalue weighted by Crippen LogP contribution is -2.51. The van der Waals surface area contributed by atoms with Gasteiger partial charge in [0, 0.05) is 45.8 Å². The first-order valence-corrected chi connectivity index (χ1v) is 8.31. The van der Waals surface area contributed by atoms with Gasteiger partial charge in [-0.15, -0.1) is 0 Å². The average Bonchev–Trinajstić information content (AvgIpc) is 2.55. The number of piperazine rings is 1. The molecular weight excluding hydrogens is 252 g/mol. The first kappa shape index (κ1) is 17.4. The van der Waals surface area contributed by atoms with E-state index >= 15 is 0 Å². The summed E-state index contributed by atoms with van der Waals surface area (Å²) >= 11 is 0. The van der Waals surface area contributed by atoms with Gasteiger partial charge in [-0.3, -0.25) is 9.69 Å². The lowest BCUT2D eigenvalue weighted by Gasteiger charge is -2.37. The van der Waals surface area contributed by atoms with Gasteiger partial charge in [0.1, 0.15) is 0 Å². The molecule has 1 saturated carbocycles. The molecule has 1 saturated heterocycles. The summed E-state index contributed by atoms with van der Waals surface area (Å²) in [6.07, 6.45) is 6.02. The van der Waals surface area contributed by atoms with E-state index in [1.165, 1.54) is 19.3 Å². The minimum Gasteiger partial charge on any atom is -0.383 e. The van der Waals surface area contributed by atoms with E-state index in [2.05, 4.69) is 9.80 Å². The molecule has 0 radical (unpaired) electrons. The highest BCUT2D eigenvalue weighted by Gasteiger charge is 2.28. The van der Waals surface area contributed by atoms with Crippen LogP contribution in [0.1, 0.15) is 46.0 Å². The van der Waals surface area contributed by atoms with Crippen molar-refractivity contribution >= 4 is 5.91 Å².